The van der Waals surface area contributed by atoms with E-state index in [1.165, 1.54) is 12.8 Å². The Kier molecular flexibility index (Phi) is 9.77. The molecule has 5 heterocycles. The number of H-pyrrole nitrogens is 1. The van der Waals surface area contributed by atoms with Crippen molar-refractivity contribution in [2.45, 2.75) is 63.5 Å². The molecule has 0 bridgehead atoms. The predicted octanol–water partition coefficient (Wildman–Crippen LogP) is 4.97. The van der Waals surface area contributed by atoms with Gasteiger partial charge in [-0.15, -0.1) is 0 Å². The van der Waals surface area contributed by atoms with Crippen molar-refractivity contribution in [2.24, 2.45) is 11.8 Å². The lowest BCUT2D eigenvalue weighted by Crippen LogP contribution is -2.57. The lowest BCUT2D eigenvalue weighted by molar-refractivity contribution is -0.135. The lowest BCUT2D eigenvalue weighted by Gasteiger charge is -2.41. The molecule has 1 unspecified atom stereocenters. The van der Waals surface area contributed by atoms with Crippen molar-refractivity contribution in [3.8, 4) is 0 Å². The molecule has 4 aliphatic heterocycles. The van der Waals surface area contributed by atoms with Crippen molar-refractivity contribution in [1.82, 2.24) is 35.1 Å². The Morgan fingerprint density at radius 1 is 0.938 bits per heavy atom. The second kappa shape index (κ2) is 14.3. The van der Waals surface area contributed by atoms with Gasteiger partial charge in [0.25, 0.3) is 0 Å². The molecule has 7 rings (SSSR count). The van der Waals surface area contributed by atoms with Crippen molar-refractivity contribution in [2.75, 3.05) is 58.2 Å². The van der Waals surface area contributed by atoms with Gasteiger partial charge >= 0.3 is 12.1 Å². The van der Waals surface area contributed by atoms with Crippen molar-refractivity contribution in [3.05, 3.63) is 58.7 Å². The number of hydrogen-bond donors (Lipinski definition) is 3. The molecule has 0 saturated carbocycles. The number of para-hydroxylation sites is 1. The van der Waals surface area contributed by atoms with Crippen LogP contribution in [0.4, 0.5) is 15.3 Å². The number of anilines is 1. The summed E-state index contributed by atoms with van der Waals surface area (Å²) < 4.78 is 0. The first kappa shape index (κ1) is 32.7. The van der Waals surface area contributed by atoms with Crippen molar-refractivity contribution in [3.63, 3.8) is 0 Å². The van der Waals surface area contributed by atoms with E-state index in [-0.39, 0.29) is 24.0 Å². The fourth-order valence-electron chi connectivity index (χ4n) is 8.30. The molecule has 0 aliphatic carbocycles. The van der Waals surface area contributed by atoms with E-state index < -0.39 is 6.04 Å². The van der Waals surface area contributed by atoms with E-state index in [1.54, 1.807) is 11.1 Å². The van der Waals surface area contributed by atoms with Crippen LogP contribution >= 0.6 is 11.6 Å². The van der Waals surface area contributed by atoms with Gasteiger partial charge in [-0.2, -0.15) is 5.10 Å². The van der Waals surface area contributed by atoms with Gasteiger partial charge in [0.05, 0.1) is 16.7 Å². The summed E-state index contributed by atoms with van der Waals surface area (Å²) in [5.41, 5.74) is 3.64. The van der Waals surface area contributed by atoms with E-state index in [4.69, 9.17) is 11.6 Å². The molecule has 3 fully saturated rings. The van der Waals surface area contributed by atoms with Crippen LogP contribution < -0.4 is 10.6 Å². The monoisotopic (exact) mass is 674 g/mol. The maximum atomic E-state index is 14.1. The molecule has 3 saturated heterocycles. The minimum absolute atomic E-state index is 0.0377. The quantitative estimate of drug-likeness (QED) is 0.342. The normalized spacial score (nSPS) is 21.1. The second-order valence-electron chi connectivity index (χ2n) is 14.2. The summed E-state index contributed by atoms with van der Waals surface area (Å²) in [6, 6.07) is 10.8. The zero-order chi connectivity index (χ0) is 33.2. The van der Waals surface area contributed by atoms with E-state index in [0.717, 1.165) is 79.1 Å². The second-order valence-corrected chi connectivity index (χ2v) is 14.6. The van der Waals surface area contributed by atoms with E-state index in [9.17, 15) is 14.4 Å². The SMILES string of the molecule is CN1CCC(C2CCN(C(=O)C(Cc3cc(Cl)c4[nH]ncc4c3)NC(=O)N3CCC(N4CCc5ccccc5NC4=O)CC3)CC2)CC1. The Balaban J connectivity index is 0.996. The standard InChI is InChI=1S/C36H47ClN8O3/c1-42-13-6-25(7-14-42)26-8-15-43(16-9-26)34(46)32(22-24-20-28-23-38-41-33(28)30(37)21-24)40-35(47)44-17-11-29(12-18-44)45-19-10-27-4-2-3-5-31(27)39-36(45)48/h2-5,20-21,23,25-26,29,32H,6-19,22H2,1H3,(H,38,41)(H,39,48)(H,40,47). The summed E-state index contributed by atoms with van der Waals surface area (Å²) in [7, 11) is 2.19. The molecule has 12 heteroatoms. The number of amides is 5. The zero-order valence-corrected chi connectivity index (χ0v) is 28.6. The number of urea groups is 2. The Labute approximate surface area is 287 Å². The molecule has 11 nitrogen and oxygen atoms in total. The molecular formula is C36H47ClN8O3. The zero-order valence-electron chi connectivity index (χ0n) is 27.8. The first-order chi connectivity index (χ1) is 23.3. The molecular weight excluding hydrogens is 628 g/mol. The van der Waals surface area contributed by atoms with Crippen LogP contribution in [-0.2, 0) is 17.6 Å². The maximum Gasteiger partial charge on any atom is 0.322 e. The maximum absolute atomic E-state index is 14.1. The van der Waals surface area contributed by atoms with E-state index in [0.29, 0.717) is 49.8 Å². The van der Waals surface area contributed by atoms with Gasteiger partial charge in [-0.25, -0.2) is 9.59 Å². The van der Waals surface area contributed by atoms with Gasteiger partial charge in [0.2, 0.25) is 5.91 Å². The molecule has 0 radical (unpaired) electrons. The molecule has 1 aromatic heterocycles. The third kappa shape index (κ3) is 7.12. The Hall–Kier alpha value is -3.83. The smallest absolute Gasteiger partial charge is 0.322 e. The largest absolute Gasteiger partial charge is 0.341 e. The number of benzene rings is 2. The lowest BCUT2D eigenvalue weighted by atomic mass is 9.79. The van der Waals surface area contributed by atoms with E-state index in [2.05, 4.69) is 38.8 Å². The van der Waals surface area contributed by atoms with Crippen LogP contribution in [0.1, 0.15) is 49.7 Å². The number of likely N-dealkylation sites (tertiary alicyclic amines) is 3. The highest BCUT2D eigenvalue weighted by atomic mass is 35.5. The number of carbonyl (C=O) groups excluding carboxylic acids is 3. The fourth-order valence-corrected chi connectivity index (χ4v) is 8.59. The van der Waals surface area contributed by atoms with Crippen LogP contribution in [-0.4, -0.2) is 113 Å². The minimum atomic E-state index is -0.717. The number of nitrogens with one attached hydrogen (secondary N) is 3. The highest BCUT2D eigenvalue weighted by molar-refractivity contribution is 6.35. The van der Waals surface area contributed by atoms with Gasteiger partial charge in [-0.05, 0) is 106 Å². The molecule has 0 spiro atoms. The number of piperidine rings is 3. The average molecular weight is 675 g/mol. The van der Waals surface area contributed by atoms with Gasteiger partial charge in [0, 0.05) is 56.3 Å². The van der Waals surface area contributed by atoms with Gasteiger partial charge in [0.15, 0.2) is 0 Å². The van der Waals surface area contributed by atoms with Crippen LogP contribution in [0.5, 0.6) is 0 Å². The average Bonchev–Trinajstić information content (AvgIpc) is 3.52. The Morgan fingerprint density at radius 3 is 2.38 bits per heavy atom. The Morgan fingerprint density at radius 2 is 1.62 bits per heavy atom. The number of nitrogens with zero attached hydrogens (tertiary/aromatic N) is 5. The van der Waals surface area contributed by atoms with Gasteiger partial charge in [0.1, 0.15) is 6.04 Å². The van der Waals surface area contributed by atoms with Crippen molar-refractivity contribution >= 4 is 46.2 Å². The number of carbonyl (C=O) groups is 3. The summed E-state index contributed by atoms with van der Waals surface area (Å²) in [5, 5.41) is 14.7. The van der Waals surface area contributed by atoms with E-state index in [1.807, 2.05) is 40.1 Å². The third-order valence-corrected chi connectivity index (χ3v) is 11.5. The van der Waals surface area contributed by atoms with Gasteiger partial charge in [-0.3, -0.25) is 9.89 Å². The molecule has 48 heavy (non-hydrogen) atoms. The van der Waals surface area contributed by atoms with Crippen molar-refractivity contribution in [1.29, 1.82) is 0 Å². The number of aromatic nitrogens is 2. The molecule has 3 aromatic rings. The first-order valence-corrected chi connectivity index (χ1v) is 18.0. The predicted molar refractivity (Wildman–Crippen MR) is 187 cm³/mol. The molecule has 2 aromatic carbocycles. The van der Waals surface area contributed by atoms with Crippen LogP contribution in [0.2, 0.25) is 5.02 Å². The molecule has 3 N–H and O–H groups in total. The Bertz CT molecular complexity index is 1620. The molecule has 1 atom stereocenters. The van der Waals surface area contributed by atoms with Crippen molar-refractivity contribution < 1.29 is 14.4 Å². The number of halogens is 1. The highest BCUT2D eigenvalue weighted by Crippen LogP contribution is 2.33. The van der Waals surface area contributed by atoms with Crippen LogP contribution in [0, 0.1) is 11.8 Å². The summed E-state index contributed by atoms with van der Waals surface area (Å²) in [5.74, 6) is 1.35. The van der Waals surface area contributed by atoms with Gasteiger partial charge in [-0.1, -0.05) is 29.8 Å². The molecule has 5 amide bonds. The summed E-state index contributed by atoms with van der Waals surface area (Å²) in [6.45, 7) is 5.42. The van der Waals surface area contributed by atoms with Crippen LogP contribution in [0.3, 0.4) is 0 Å². The van der Waals surface area contributed by atoms with Gasteiger partial charge < -0.3 is 30.2 Å². The number of fused-ring (bicyclic) bond motifs is 2. The van der Waals surface area contributed by atoms with Crippen LogP contribution in [0.15, 0.2) is 42.6 Å². The number of aromatic amines is 1. The summed E-state index contributed by atoms with van der Waals surface area (Å²) in [4.78, 5) is 49.1. The fraction of sp³-hybridized carbons (Fsp3) is 0.556. The minimum Gasteiger partial charge on any atom is -0.341 e. The number of rotatable bonds is 6. The van der Waals surface area contributed by atoms with Crippen LogP contribution in [0.25, 0.3) is 10.9 Å². The summed E-state index contributed by atoms with van der Waals surface area (Å²) >= 11 is 6.57. The first-order valence-electron chi connectivity index (χ1n) is 17.6. The molecule has 256 valence electrons. The summed E-state index contributed by atoms with van der Waals surface area (Å²) in [6.07, 6.45) is 8.72. The third-order valence-electron chi connectivity index (χ3n) is 11.2. The van der Waals surface area contributed by atoms with E-state index >= 15 is 0 Å². The topological polar surface area (TPSA) is 117 Å². The molecule has 4 aliphatic rings. The highest BCUT2D eigenvalue weighted by Gasteiger charge is 2.36. The number of hydrogen-bond acceptors (Lipinski definition) is 5.